The van der Waals surface area contributed by atoms with Gasteiger partial charge in [-0.1, -0.05) is 29.5 Å². The Morgan fingerprint density at radius 2 is 2.34 bits per heavy atom. The number of aromatic nitrogens is 1. The lowest BCUT2D eigenvalue weighted by molar-refractivity contribution is -0.121. The Labute approximate surface area is 181 Å². The molecule has 1 N–H and O–H groups in total. The van der Waals surface area contributed by atoms with Crippen LogP contribution in [0.2, 0.25) is 0 Å². The summed E-state index contributed by atoms with van der Waals surface area (Å²) in [5.74, 6) is 1.02. The van der Waals surface area contributed by atoms with Crippen LogP contribution in [0.15, 0.2) is 34.0 Å². The Kier molecular flexibility index (Phi) is 10.1. The molecular weight excluding hydrogens is 406 g/mol. The Hall–Kier alpha value is -1.44. The highest BCUT2D eigenvalue weighted by molar-refractivity contribution is 8.01. The number of nitrogens with zero attached hydrogens (tertiary/aromatic N) is 1. The predicted octanol–water partition coefficient (Wildman–Crippen LogP) is 5.06. The smallest absolute Gasteiger partial charge is 0.357 e. The fourth-order valence-corrected chi connectivity index (χ4v) is 5.26. The van der Waals surface area contributed by atoms with Crippen LogP contribution in [0.25, 0.3) is 0 Å². The van der Waals surface area contributed by atoms with E-state index in [2.05, 4.69) is 17.6 Å². The fourth-order valence-electron chi connectivity index (χ4n) is 3.38. The van der Waals surface area contributed by atoms with Crippen molar-refractivity contribution < 1.29 is 19.4 Å². The van der Waals surface area contributed by atoms with E-state index in [4.69, 9.17) is 4.74 Å². The summed E-state index contributed by atoms with van der Waals surface area (Å²) in [5.41, 5.74) is 1.43. The normalized spacial score (nSPS) is 20.3. The summed E-state index contributed by atoms with van der Waals surface area (Å²) in [6.45, 7) is 7.94. The van der Waals surface area contributed by atoms with E-state index in [0.29, 0.717) is 30.9 Å². The number of esters is 1. The van der Waals surface area contributed by atoms with Gasteiger partial charge in [0.05, 0.1) is 12.7 Å². The van der Waals surface area contributed by atoms with Gasteiger partial charge in [0, 0.05) is 23.5 Å². The lowest BCUT2D eigenvalue weighted by Crippen LogP contribution is -2.14. The topological polar surface area (TPSA) is 76.5 Å². The summed E-state index contributed by atoms with van der Waals surface area (Å²) in [6.07, 6.45) is 8.29. The number of allylic oxidation sites excluding steroid dienone is 2. The van der Waals surface area contributed by atoms with Crippen LogP contribution in [0.4, 0.5) is 0 Å². The second-order valence-corrected chi connectivity index (χ2v) is 9.65. The molecule has 1 heterocycles. The van der Waals surface area contributed by atoms with Gasteiger partial charge >= 0.3 is 5.97 Å². The standard InChI is InChI=1S/C22H31NO4S2/c1-4-27-21(26)19-14-29-22(23-19)28-13-12-18-16(9-11-20(18)25)6-5-7-17(24)10-8-15(2)3/h5-6,14,16-18,24H,2,4,7-13H2,1,3H3/b6-5+/t16-,17+,18-/m1/s1. The van der Waals surface area contributed by atoms with Gasteiger partial charge in [-0.2, -0.15) is 0 Å². The van der Waals surface area contributed by atoms with Crippen LogP contribution >= 0.6 is 23.1 Å². The summed E-state index contributed by atoms with van der Waals surface area (Å²) < 4.78 is 5.78. The second kappa shape index (κ2) is 12.3. The van der Waals surface area contributed by atoms with Crippen LogP contribution in [0.1, 0.15) is 62.9 Å². The summed E-state index contributed by atoms with van der Waals surface area (Å²) in [4.78, 5) is 28.3. The molecule has 1 aliphatic rings. The zero-order chi connectivity index (χ0) is 21.2. The molecule has 1 aliphatic carbocycles. The average molecular weight is 438 g/mol. The first-order valence-corrected chi connectivity index (χ1v) is 12.0. The van der Waals surface area contributed by atoms with E-state index < -0.39 is 5.97 Å². The van der Waals surface area contributed by atoms with Crippen molar-refractivity contribution >= 4 is 34.9 Å². The summed E-state index contributed by atoms with van der Waals surface area (Å²) >= 11 is 3.01. The zero-order valence-electron chi connectivity index (χ0n) is 17.3. The molecular formula is C22H31NO4S2. The first-order chi connectivity index (χ1) is 13.9. The van der Waals surface area contributed by atoms with Gasteiger partial charge in [-0.15, -0.1) is 17.9 Å². The fraction of sp³-hybridized carbons (Fsp3) is 0.591. The number of carbonyl (C=O) groups excluding carboxylic acids is 2. The molecule has 1 saturated carbocycles. The molecule has 7 heteroatoms. The number of hydrogen-bond donors (Lipinski definition) is 1. The van der Waals surface area contributed by atoms with Crippen LogP contribution in [0.3, 0.4) is 0 Å². The number of carbonyl (C=O) groups is 2. The van der Waals surface area contributed by atoms with Gasteiger partial charge in [-0.25, -0.2) is 9.78 Å². The molecule has 0 saturated heterocycles. The van der Waals surface area contributed by atoms with Crippen molar-refractivity contribution in [2.75, 3.05) is 12.4 Å². The van der Waals surface area contributed by atoms with Gasteiger partial charge in [-0.05, 0) is 51.9 Å². The monoisotopic (exact) mass is 437 g/mol. The lowest BCUT2D eigenvalue weighted by atomic mass is 9.92. The predicted molar refractivity (Wildman–Crippen MR) is 118 cm³/mol. The molecule has 160 valence electrons. The van der Waals surface area contributed by atoms with E-state index in [1.165, 1.54) is 11.3 Å². The molecule has 0 unspecified atom stereocenters. The van der Waals surface area contributed by atoms with Crippen LogP contribution in [-0.2, 0) is 9.53 Å². The molecule has 0 aromatic carbocycles. The highest BCUT2D eigenvalue weighted by atomic mass is 32.2. The Morgan fingerprint density at radius 3 is 3.07 bits per heavy atom. The maximum atomic E-state index is 12.3. The maximum Gasteiger partial charge on any atom is 0.357 e. The largest absolute Gasteiger partial charge is 0.461 e. The van der Waals surface area contributed by atoms with Gasteiger partial charge in [0.2, 0.25) is 0 Å². The van der Waals surface area contributed by atoms with Gasteiger partial charge < -0.3 is 9.84 Å². The van der Waals surface area contributed by atoms with Gasteiger partial charge in [0.25, 0.3) is 0 Å². The molecule has 5 nitrogen and oxygen atoms in total. The molecule has 0 aliphatic heterocycles. The Bertz CT molecular complexity index is 728. The van der Waals surface area contributed by atoms with Crippen molar-refractivity contribution in [3.05, 3.63) is 35.4 Å². The van der Waals surface area contributed by atoms with E-state index in [0.717, 1.165) is 41.3 Å². The van der Waals surface area contributed by atoms with Crippen LogP contribution < -0.4 is 0 Å². The molecule has 1 fully saturated rings. The van der Waals surface area contributed by atoms with Gasteiger partial charge in [-0.3, -0.25) is 4.79 Å². The number of aliphatic hydroxyl groups is 1. The quantitative estimate of drug-likeness (QED) is 0.280. The number of thiazole rings is 1. The van der Waals surface area contributed by atoms with Gasteiger partial charge in [0.1, 0.15) is 5.78 Å². The van der Waals surface area contributed by atoms with Crippen molar-refractivity contribution in [2.45, 2.75) is 62.8 Å². The van der Waals surface area contributed by atoms with Crippen molar-refractivity contribution in [3.63, 3.8) is 0 Å². The minimum atomic E-state index is -0.391. The highest BCUT2D eigenvalue weighted by Gasteiger charge is 2.32. The molecule has 0 spiro atoms. The molecule has 0 bridgehead atoms. The number of ether oxygens (including phenoxy) is 1. The molecule has 3 atom stereocenters. The van der Waals surface area contributed by atoms with E-state index in [1.54, 1.807) is 24.1 Å². The number of aliphatic hydroxyl groups excluding tert-OH is 1. The number of hydrogen-bond acceptors (Lipinski definition) is 7. The minimum absolute atomic E-state index is 0.0378. The SMILES string of the molecule is C=C(C)CC[C@@H](O)C/C=C/[C@@H]1CCC(=O)[C@@H]1CCSc1nc(C(=O)OCC)cs1. The van der Waals surface area contributed by atoms with Crippen molar-refractivity contribution in [2.24, 2.45) is 11.8 Å². The number of ketones is 1. The maximum absolute atomic E-state index is 12.3. The molecule has 0 amide bonds. The molecule has 2 rings (SSSR count). The second-order valence-electron chi connectivity index (χ2n) is 7.45. The summed E-state index contributed by atoms with van der Waals surface area (Å²) in [7, 11) is 0. The number of Topliss-reactive ketones (excluding diaryl/α,β-unsaturated/α-hetero) is 1. The van der Waals surface area contributed by atoms with Crippen molar-refractivity contribution in [3.8, 4) is 0 Å². The van der Waals surface area contributed by atoms with Crippen LogP contribution in [0.5, 0.6) is 0 Å². The number of rotatable bonds is 12. The Morgan fingerprint density at radius 1 is 1.55 bits per heavy atom. The first kappa shape index (κ1) is 23.8. The van der Waals surface area contributed by atoms with E-state index >= 15 is 0 Å². The van der Waals surface area contributed by atoms with E-state index in [1.807, 2.05) is 13.0 Å². The lowest BCUT2D eigenvalue weighted by Gasteiger charge is -2.15. The third-order valence-corrected chi connectivity index (χ3v) is 7.03. The number of thioether (sulfide) groups is 1. The van der Waals surface area contributed by atoms with Crippen LogP contribution in [0, 0.1) is 11.8 Å². The zero-order valence-corrected chi connectivity index (χ0v) is 18.9. The molecule has 0 radical (unpaired) electrons. The van der Waals surface area contributed by atoms with Crippen LogP contribution in [-0.4, -0.2) is 40.3 Å². The molecule has 29 heavy (non-hydrogen) atoms. The average Bonchev–Trinajstić information content (AvgIpc) is 3.28. The first-order valence-electron chi connectivity index (χ1n) is 10.2. The van der Waals surface area contributed by atoms with Crippen molar-refractivity contribution in [1.29, 1.82) is 0 Å². The van der Waals surface area contributed by atoms with Gasteiger partial charge in [0.15, 0.2) is 10.0 Å². The summed E-state index contributed by atoms with van der Waals surface area (Å²) in [5, 5.41) is 11.7. The molecule has 1 aromatic rings. The molecule has 1 aromatic heterocycles. The van der Waals surface area contributed by atoms with E-state index in [-0.39, 0.29) is 17.9 Å². The van der Waals surface area contributed by atoms with E-state index in [9.17, 15) is 14.7 Å². The summed E-state index contributed by atoms with van der Waals surface area (Å²) in [6, 6.07) is 0. The minimum Gasteiger partial charge on any atom is -0.461 e. The third-order valence-electron chi connectivity index (χ3n) is 4.97. The Balaban J connectivity index is 1.78. The third kappa shape index (κ3) is 8.07. The highest BCUT2D eigenvalue weighted by Crippen LogP contribution is 2.35. The van der Waals surface area contributed by atoms with Crippen molar-refractivity contribution in [1.82, 2.24) is 4.98 Å².